The zero-order chi connectivity index (χ0) is 14.1. The molecule has 3 aromatic rings. The summed E-state index contributed by atoms with van der Waals surface area (Å²) in [7, 11) is 3.29. The summed E-state index contributed by atoms with van der Waals surface area (Å²) in [4.78, 5) is 1.15. The van der Waals surface area contributed by atoms with E-state index in [-0.39, 0.29) is 6.04 Å². The predicted octanol–water partition coefficient (Wildman–Crippen LogP) is 4.03. The Morgan fingerprint density at radius 3 is 2.60 bits per heavy atom. The summed E-state index contributed by atoms with van der Waals surface area (Å²) in [6, 6.07) is 9.86. The minimum Gasteiger partial charge on any atom is -0.497 e. The number of fused-ring (bicyclic) bond motifs is 1. The molecule has 2 N–H and O–H groups in total. The van der Waals surface area contributed by atoms with Crippen LogP contribution in [0.2, 0.25) is 0 Å². The number of hydrogen-bond acceptors (Lipinski definition) is 5. The Bertz CT molecular complexity index is 704. The maximum atomic E-state index is 6.40. The fraction of sp³-hybridized carbons (Fsp3) is 0.200. The van der Waals surface area contributed by atoms with Gasteiger partial charge in [0.1, 0.15) is 11.5 Å². The maximum Gasteiger partial charge on any atom is 0.127 e. The molecule has 3 rings (SSSR count). The Balaban J connectivity index is 2.00. The van der Waals surface area contributed by atoms with Gasteiger partial charge in [0.25, 0.3) is 0 Å². The lowest BCUT2D eigenvalue weighted by Crippen LogP contribution is -2.11. The van der Waals surface area contributed by atoms with Crippen LogP contribution in [-0.4, -0.2) is 14.2 Å². The molecule has 0 radical (unpaired) electrons. The fourth-order valence-electron chi connectivity index (χ4n) is 2.17. The number of thiophene rings is 2. The van der Waals surface area contributed by atoms with E-state index in [1.54, 1.807) is 36.9 Å². The van der Waals surface area contributed by atoms with E-state index in [1.807, 2.05) is 18.2 Å². The molecule has 5 heteroatoms. The lowest BCUT2D eigenvalue weighted by atomic mass is 10.0. The highest BCUT2D eigenvalue weighted by atomic mass is 32.1. The van der Waals surface area contributed by atoms with Gasteiger partial charge in [-0.25, -0.2) is 0 Å². The van der Waals surface area contributed by atoms with E-state index >= 15 is 0 Å². The number of rotatable bonds is 4. The van der Waals surface area contributed by atoms with Crippen molar-refractivity contribution in [1.82, 2.24) is 0 Å². The number of ether oxygens (including phenoxy) is 2. The lowest BCUT2D eigenvalue weighted by Gasteiger charge is -2.15. The van der Waals surface area contributed by atoms with Crippen LogP contribution in [0.5, 0.6) is 11.5 Å². The Labute approximate surface area is 125 Å². The van der Waals surface area contributed by atoms with Crippen molar-refractivity contribution >= 4 is 32.1 Å². The van der Waals surface area contributed by atoms with E-state index in [9.17, 15) is 0 Å². The summed E-state index contributed by atoms with van der Waals surface area (Å²) in [6.07, 6.45) is 0. The zero-order valence-electron chi connectivity index (χ0n) is 11.3. The number of methoxy groups -OCH3 is 2. The third kappa shape index (κ3) is 2.28. The van der Waals surface area contributed by atoms with Crippen LogP contribution in [0.1, 0.15) is 16.5 Å². The van der Waals surface area contributed by atoms with Crippen molar-refractivity contribution in [3.05, 3.63) is 46.2 Å². The summed E-state index contributed by atoms with van der Waals surface area (Å²) < 4.78 is 13.2. The molecule has 0 saturated heterocycles. The highest BCUT2D eigenvalue weighted by Gasteiger charge is 2.17. The zero-order valence-corrected chi connectivity index (χ0v) is 12.9. The van der Waals surface area contributed by atoms with Crippen molar-refractivity contribution in [1.29, 1.82) is 0 Å². The van der Waals surface area contributed by atoms with Crippen LogP contribution in [0.4, 0.5) is 0 Å². The van der Waals surface area contributed by atoms with Crippen molar-refractivity contribution in [2.45, 2.75) is 6.04 Å². The van der Waals surface area contributed by atoms with Crippen LogP contribution in [-0.2, 0) is 0 Å². The molecule has 0 fully saturated rings. The van der Waals surface area contributed by atoms with Gasteiger partial charge in [0.2, 0.25) is 0 Å². The Kier molecular flexibility index (Phi) is 3.65. The average Bonchev–Trinajstić information content (AvgIpc) is 3.07. The molecular formula is C15H15NO2S2. The molecule has 0 bridgehead atoms. The summed E-state index contributed by atoms with van der Waals surface area (Å²) in [5, 5.41) is 2.10. The van der Waals surface area contributed by atoms with Crippen LogP contribution in [0, 0.1) is 0 Å². The first kappa shape index (κ1) is 13.4. The van der Waals surface area contributed by atoms with Crippen LogP contribution < -0.4 is 15.2 Å². The minimum atomic E-state index is -0.180. The summed E-state index contributed by atoms with van der Waals surface area (Å²) in [5.74, 6) is 1.53. The van der Waals surface area contributed by atoms with E-state index in [2.05, 4.69) is 17.5 Å². The van der Waals surface area contributed by atoms with E-state index in [0.717, 1.165) is 21.9 Å². The maximum absolute atomic E-state index is 6.40. The molecule has 2 heterocycles. The first-order chi connectivity index (χ1) is 9.72. The molecule has 0 spiro atoms. The van der Waals surface area contributed by atoms with Crippen LogP contribution >= 0.6 is 22.7 Å². The minimum absolute atomic E-state index is 0.180. The second kappa shape index (κ2) is 5.44. The van der Waals surface area contributed by atoms with Crippen molar-refractivity contribution in [2.24, 2.45) is 5.73 Å². The molecule has 1 aromatic carbocycles. The molecule has 3 nitrogen and oxygen atoms in total. The van der Waals surface area contributed by atoms with Crippen LogP contribution in [0.3, 0.4) is 0 Å². The molecular weight excluding hydrogens is 290 g/mol. The van der Waals surface area contributed by atoms with Gasteiger partial charge >= 0.3 is 0 Å². The monoisotopic (exact) mass is 305 g/mol. The summed E-state index contributed by atoms with van der Waals surface area (Å²) in [6.45, 7) is 0. The smallest absolute Gasteiger partial charge is 0.127 e. The topological polar surface area (TPSA) is 44.5 Å². The average molecular weight is 305 g/mol. The molecule has 1 unspecified atom stereocenters. The van der Waals surface area contributed by atoms with Gasteiger partial charge in [0.15, 0.2) is 0 Å². The van der Waals surface area contributed by atoms with E-state index in [0.29, 0.717) is 0 Å². The Morgan fingerprint density at radius 1 is 1.05 bits per heavy atom. The second-order valence-corrected chi connectivity index (χ2v) is 6.45. The molecule has 0 saturated carbocycles. The van der Waals surface area contributed by atoms with Gasteiger partial charge in [-0.1, -0.05) is 0 Å². The first-order valence-corrected chi connectivity index (χ1v) is 7.87. The molecule has 20 heavy (non-hydrogen) atoms. The number of benzene rings is 1. The number of nitrogens with two attached hydrogens (primary N) is 1. The van der Waals surface area contributed by atoms with Crippen molar-refractivity contribution in [2.75, 3.05) is 14.2 Å². The summed E-state index contributed by atoms with van der Waals surface area (Å²) in [5.41, 5.74) is 7.38. The molecule has 2 aromatic heterocycles. The molecule has 104 valence electrons. The van der Waals surface area contributed by atoms with Crippen LogP contribution in [0.25, 0.3) is 9.40 Å². The molecule has 0 amide bonds. The highest BCUT2D eigenvalue weighted by molar-refractivity contribution is 7.27. The lowest BCUT2D eigenvalue weighted by molar-refractivity contribution is 0.390. The van der Waals surface area contributed by atoms with E-state index < -0.39 is 0 Å². The van der Waals surface area contributed by atoms with Gasteiger partial charge < -0.3 is 15.2 Å². The number of hydrogen-bond donors (Lipinski definition) is 1. The molecule has 1 atom stereocenters. The summed E-state index contributed by atoms with van der Waals surface area (Å²) >= 11 is 3.48. The first-order valence-electron chi connectivity index (χ1n) is 6.17. The van der Waals surface area contributed by atoms with Crippen molar-refractivity contribution in [3.8, 4) is 11.5 Å². The highest BCUT2D eigenvalue weighted by Crippen LogP contribution is 2.38. The fourth-order valence-corrected chi connectivity index (χ4v) is 4.31. The standard InChI is InChI=1S/C15H15NO2S2/c1-17-9-3-4-10(11(7-9)18-2)15(16)14-8-13-12(20-14)5-6-19-13/h3-8,15H,16H2,1-2H3. The second-order valence-electron chi connectivity index (χ2n) is 4.38. The van der Waals surface area contributed by atoms with Crippen molar-refractivity contribution in [3.63, 3.8) is 0 Å². The van der Waals surface area contributed by atoms with Gasteiger partial charge in [-0.15, -0.1) is 22.7 Å². The van der Waals surface area contributed by atoms with Gasteiger partial charge in [-0.2, -0.15) is 0 Å². The third-order valence-electron chi connectivity index (χ3n) is 3.24. The normalized spacial score (nSPS) is 12.6. The van der Waals surface area contributed by atoms with Gasteiger partial charge in [-0.05, 0) is 29.6 Å². The third-order valence-corrected chi connectivity index (χ3v) is 5.42. The van der Waals surface area contributed by atoms with Gasteiger partial charge in [0.05, 0.1) is 20.3 Å². The van der Waals surface area contributed by atoms with E-state index in [4.69, 9.17) is 15.2 Å². The predicted molar refractivity (Wildman–Crippen MR) is 85.3 cm³/mol. The van der Waals surface area contributed by atoms with Gasteiger partial charge in [0, 0.05) is 25.9 Å². The van der Waals surface area contributed by atoms with Gasteiger partial charge in [-0.3, -0.25) is 0 Å². The van der Waals surface area contributed by atoms with Crippen LogP contribution in [0.15, 0.2) is 35.7 Å². The molecule has 0 aliphatic rings. The van der Waals surface area contributed by atoms with Crippen molar-refractivity contribution < 1.29 is 9.47 Å². The largest absolute Gasteiger partial charge is 0.497 e. The Hall–Kier alpha value is -1.56. The molecule has 0 aliphatic carbocycles. The molecule has 0 aliphatic heterocycles. The van der Waals surface area contributed by atoms with E-state index in [1.165, 1.54) is 9.40 Å². The SMILES string of the molecule is COc1ccc(C(N)c2cc3sccc3s2)c(OC)c1. The Morgan fingerprint density at radius 2 is 1.90 bits per heavy atom. The quantitative estimate of drug-likeness (QED) is 0.791.